The first-order valence-corrected chi connectivity index (χ1v) is 5.73. The Hall–Kier alpha value is -2.10. The first kappa shape index (κ1) is 12.4. The Morgan fingerprint density at radius 1 is 1.28 bits per heavy atom. The molecule has 0 N–H and O–H groups in total. The number of ketones is 1. The van der Waals surface area contributed by atoms with Gasteiger partial charge in [0.05, 0.1) is 12.8 Å². The topological polar surface area (TPSA) is 44.1 Å². The summed E-state index contributed by atoms with van der Waals surface area (Å²) in [4.78, 5) is 12.4. The predicted molar refractivity (Wildman–Crippen MR) is 69.1 cm³/mol. The molecular weight excluding hydrogens is 228 g/mol. The van der Waals surface area contributed by atoms with E-state index in [0.717, 1.165) is 17.0 Å². The third kappa shape index (κ3) is 2.14. The number of carbonyl (C=O) groups excluding carboxylic acids is 1. The SMILES string of the molecule is COc1ccc(C(=O)c2cc(C)nn2C)c(C)c1. The number of hydrogen-bond donors (Lipinski definition) is 0. The lowest BCUT2D eigenvalue weighted by Crippen LogP contribution is -2.09. The van der Waals surface area contributed by atoms with Crippen molar-refractivity contribution in [3.8, 4) is 5.75 Å². The largest absolute Gasteiger partial charge is 0.497 e. The van der Waals surface area contributed by atoms with Crippen LogP contribution in [0.1, 0.15) is 27.3 Å². The van der Waals surface area contributed by atoms with Gasteiger partial charge in [0.25, 0.3) is 0 Å². The summed E-state index contributed by atoms with van der Waals surface area (Å²) in [5.41, 5.74) is 3.02. The molecule has 0 aliphatic rings. The highest BCUT2D eigenvalue weighted by Gasteiger charge is 2.16. The van der Waals surface area contributed by atoms with E-state index in [1.807, 2.05) is 19.9 Å². The minimum Gasteiger partial charge on any atom is -0.497 e. The van der Waals surface area contributed by atoms with Crippen molar-refractivity contribution < 1.29 is 9.53 Å². The number of benzene rings is 1. The Balaban J connectivity index is 2.43. The molecule has 0 spiro atoms. The van der Waals surface area contributed by atoms with Gasteiger partial charge in [-0.05, 0) is 43.7 Å². The lowest BCUT2D eigenvalue weighted by Gasteiger charge is -2.07. The van der Waals surface area contributed by atoms with Crippen LogP contribution in [0.5, 0.6) is 5.75 Å². The fourth-order valence-corrected chi connectivity index (χ4v) is 1.98. The maximum atomic E-state index is 12.4. The third-order valence-electron chi connectivity index (χ3n) is 2.91. The second-order valence-corrected chi connectivity index (χ2v) is 4.30. The molecule has 2 rings (SSSR count). The van der Waals surface area contributed by atoms with Crippen LogP contribution in [-0.2, 0) is 7.05 Å². The molecule has 0 radical (unpaired) electrons. The number of hydrogen-bond acceptors (Lipinski definition) is 3. The molecule has 4 nitrogen and oxygen atoms in total. The Labute approximate surface area is 106 Å². The van der Waals surface area contributed by atoms with E-state index in [0.29, 0.717) is 11.3 Å². The molecule has 1 aromatic heterocycles. The summed E-state index contributed by atoms with van der Waals surface area (Å²) >= 11 is 0. The zero-order valence-electron chi connectivity index (χ0n) is 11.0. The van der Waals surface area contributed by atoms with Crippen molar-refractivity contribution in [1.29, 1.82) is 0 Å². The van der Waals surface area contributed by atoms with Crippen LogP contribution in [-0.4, -0.2) is 22.7 Å². The Morgan fingerprint density at radius 2 is 2.00 bits per heavy atom. The van der Waals surface area contributed by atoms with E-state index in [9.17, 15) is 4.79 Å². The number of carbonyl (C=O) groups is 1. The van der Waals surface area contributed by atoms with Crippen molar-refractivity contribution in [2.75, 3.05) is 7.11 Å². The zero-order chi connectivity index (χ0) is 13.3. The summed E-state index contributed by atoms with van der Waals surface area (Å²) in [5.74, 6) is 0.739. The van der Waals surface area contributed by atoms with E-state index in [-0.39, 0.29) is 5.78 Å². The fourth-order valence-electron chi connectivity index (χ4n) is 1.98. The molecule has 0 saturated carbocycles. The molecule has 0 saturated heterocycles. The highest BCUT2D eigenvalue weighted by Crippen LogP contribution is 2.20. The fraction of sp³-hybridized carbons (Fsp3) is 0.286. The molecule has 0 atom stereocenters. The van der Waals surface area contributed by atoms with Gasteiger partial charge in [-0.25, -0.2) is 0 Å². The lowest BCUT2D eigenvalue weighted by atomic mass is 10.0. The maximum absolute atomic E-state index is 12.4. The van der Waals surface area contributed by atoms with Crippen molar-refractivity contribution >= 4 is 5.78 Å². The number of aryl methyl sites for hydroxylation is 3. The molecule has 0 fully saturated rings. The molecule has 0 aliphatic heterocycles. The molecule has 18 heavy (non-hydrogen) atoms. The van der Waals surface area contributed by atoms with Crippen LogP contribution in [0.3, 0.4) is 0 Å². The average molecular weight is 244 g/mol. The molecule has 1 aromatic carbocycles. The van der Waals surface area contributed by atoms with Gasteiger partial charge in [0.1, 0.15) is 11.4 Å². The summed E-state index contributed by atoms with van der Waals surface area (Å²) in [5, 5.41) is 4.19. The van der Waals surface area contributed by atoms with Crippen LogP contribution < -0.4 is 4.74 Å². The van der Waals surface area contributed by atoms with Gasteiger partial charge >= 0.3 is 0 Å². The molecule has 0 unspecified atom stereocenters. The first-order valence-electron chi connectivity index (χ1n) is 5.73. The summed E-state index contributed by atoms with van der Waals surface area (Å²) in [6, 6.07) is 7.24. The van der Waals surface area contributed by atoms with Crippen LogP contribution >= 0.6 is 0 Å². The van der Waals surface area contributed by atoms with Crippen LogP contribution in [0.15, 0.2) is 24.3 Å². The number of ether oxygens (including phenoxy) is 1. The van der Waals surface area contributed by atoms with E-state index < -0.39 is 0 Å². The van der Waals surface area contributed by atoms with Crippen LogP contribution in [0, 0.1) is 13.8 Å². The van der Waals surface area contributed by atoms with Crippen molar-refractivity contribution in [2.45, 2.75) is 13.8 Å². The van der Waals surface area contributed by atoms with Gasteiger partial charge in [0, 0.05) is 12.6 Å². The first-order chi connectivity index (χ1) is 8.52. The van der Waals surface area contributed by atoms with E-state index in [1.54, 1.807) is 37.0 Å². The summed E-state index contributed by atoms with van der Waals surface area (Å²) in [6.45, 7) is 3.77. The van der Waals surface area contributed by atoms with Crippen molar-refractivity contribution in [3.05, 3.63) is 46.8 Å². The predicted octanol–water partition coefficient (Wildman–Crippen LogP) is 2.28. The van der Waals surface area contributed by atoms with Gasteiger partial charge in [-0.3, -0.25) is 9.48 Å². The van der Waals surface area contributed by atoms with Gasteiger partial charge in [0.15, 0.2) is 0 Å². The lowest BCUT2D eigenvalue weighted by molar-refractivity contribution is 0.102. The molecule has 2 aromatic rings. The second-order valence-electron chi connectivity index (χ2n) is 4.30. The number of methoxy groups -OCH3 is 1. The number of aromatic nitrogens is 2. The zero-order valence-corrected chi connectivity index (χ0v) is 11.0. The van der Waals surface area contributed by atoms with Crippen molar-refractivity contribution in [2.24, 2.45) is 7.05 Å². The molecule has 0 aliphatic carbocycles. The highest BCUT2D eigenvalue weighted by atomic mass is 16.5. The van der Waals surface area contributed by atoms with Gasteiger partial charge in [-0.1, -0.05) is 0 Å². The van der Waals surface area contributed by atoms with Crippen LogP contribution in [0.4, 0.5) is 0 Å². The highest BCUT2D eigenvalue weighted by molar-refractivity contribution is 6.08. The normalized spacial score (nSPS) is 10.4. The van der Waals surface area contributed by atoms with Gasteiger partial charge in [-0.2, -0.15) is 5.10 Å². The Bertz CT molecular complexity index is 600. The summed E-state index contributed by atoms with van der Waals surface area (Å²) < 4.78 is 6.75. The van der Waals surface area contributed by atoms with E-state index >= 15 is 0 Å². The van der Waals surface area contributed by atoms with Crippen molar-refractivity contribution in [3.63, 3.8) is 0 Å². The number of rotatable bonds is 3. The van der Waals surface area contributed by atoms with Gasteiger partial charge in [0.2, 0.25) is 5.78 Å². The maximum Gasteiger partial charge on any atom is 0.211 e. The standard InChI is InChI=1S/C14H16N2O2/c1-9-7-11(18-4)5-6-12(9)14(17)13-8-10(2)15-16(13)3/h5-8H,1-4H3. The smallest absolute Gasteiger partial charge is 0.211 e. The molecule has 0 amide bonds. The minimum absolute atomic E-state index is 0.0155. The van der Waals surface area contributed by atoms with Gasteiger partial charge < -0.3 is 4.74 Å². The van der Waals surface area contributed by atoms with Crippen molar-refractivity contribution in [1.82, 2.24) is 9.78 Å². The van der Waals surface area contributed by atoms with Crippen LogP contribution in [0.25, 0.3) is 0 Å². The third-order valence-corrected chi connectivity index (χ3v) is 2.91. The molecule has 4 heteroatoms. The van der Waals surface area contributed by atoms with Crippen LogP contribution in [0.2, 0.25) is 0 Å². The molecular formula is C14H16N2O2. The summed E-state index contributed by atoms with van der Waals surface area (Å²) in [6.07, 6.45) is 0. The van der Waals surface area contributed by atoms with E-state index in [1.165, 1.54) is 0 Å². The number of nitrogens with zero attached hydrogens (tertiary/aromatic N) is 2. The molecule has 1 heterocycles. The second kappa shape index (κ2) is 4.64. The Morgan fingerprint density at radius 3 is 2.50 bits per heavy atom. The Kier molecular flexibility index (Phi) is 3.19. The summed E-state index contributed by atoms with van der Waals surface area (Å²) in [7, 11) is 3.39. The quantitative estimate of drug-likeness (QED) is 0.778. The van der Waals surface area contributed by atoms with E-state index in [4.69, 9.17) is 4.74 Å². The molecule has 94 valence electrons. The van der Waals surface area contributed by atoms with Gasteiger partial charge in [-0.15, -0.1) is 0 Å². The molecule has 0 bridgehead atoms. The van der Waals surface area contributed by atoms with E-state index in [2.05, 4.69) is 5.10 Å². The average Bonchev–Trinajstić information content (AvgIpc) is 2.67. The minimum atomic E-state index is -0.0155. The monoisotopic (exact) mass is 244 g/mol.